The summed E-state index contributed by atoms with van der Waals surface area (Å²) in [4.78, 5) is 10.0. The van der Waals surface area contributed by atoms with E-state index in [1.54, 1.807) is 0 Å². The first-order chi connectivity index (χ1) is 7.92. The summed E-state index contributed by atoms with van der Waals surface area (Å²) in [5.74, 6) is 4.65. The van der Waals surface area contributed by atoms with E-state index in [-0.39, 0.29) is 12.1 Å². The average Bonchev–Trinajstić information content (AvgIpc) is 2.19. The maximum Gasteiger partial charge on any atom is 0.573 e. The largest absolute Gasteiger partial charge is 0.573 e. The molecule has 1 aromatic rings. The molecule has 0 atom stereocenters. The minimum atomic E-state index is -4.75. The van der Waals surface area contributed by atoms with Crippen molar-refractivity contribution in [1.82, 2.24) is 0 Å². The van der Waals surface area contributed by atoms with Crippen molar-refractivity contribution in [3.63, 3.8) is 0 Å². The fraction of sp³-hybridized carbons (Fsp3) is 0.182. The number of anilines is 1. The SMILES string of the molecule is Nc1cc(OC(F)(F)F)ccc1C#CCC=O. The summed E-state index contributed by atoms with van der Waals surface area (Å²) < 4.78 is 39.4. The van der Waals surface area contributed by atoms with Gasteiger partial charge in [-0.3, -0.25) is 0 Å². The van der Waals surface area contributed by atoms with Crippen LogP contribution in [0.15, 0.2) is 18.2 Å². The second kappa shape index (κ2) is 5.25. The monoisotopic (exact) mass is 243 g/mol. The van der Waals surface area contributed by atoms with Crippen LogP contribution in [0.4, 0.5) is 18.9 Å². The van der Waals surface area contributed by atoms with Crippen LogP contribution in [0.3, 0.4) is 0 Å². The summed E-state index contributed by atoms with van der Waals surface area (Å²) in [5.41, 5.74) is 5.89. The molecule has 1 rings (SSSR count). The van der Waals surface area contributed by atoms with Gasteiger partial charge in [-0.2, -0.15) is 0 Å². The number of ether oxygens (including phenoxy) is 1. The summed E-state index contributed by atoms with van der Waals surface area (Å²) in [6, 6.07) is 3.43. The minimum Gasteiger partial charge on any atom is -0.406 e. The van der Waals surface area contributed by atoms with Gasteiger partial charge in [0.05, 0.1) is 12.1 Å². The van der Waals surface area contributed by atoms with Crippen molar-refractivity contribution in [2.75, 3.05) is 5.73 Å². The molecule has 0 aliphatic heterocycles. The number of nitrogens with two attached hydrogens (primary N) is 1. The summed E-state index contributed by atoms with van der Waals surface area (Å²) in [5, 5.41) is 0. The fourth-order valence-corrected chi connectivity index (χ4v) is 1.04. The van der Waals surface area contributed by atoms with Gasteiger partial charge in [-0.05, 0) is 12.1 Å². The Morgan fingerprint density at radius 2 is 2.12 bits per heavy atom. The number of halogens is 3. The Hall–Kier alpha value is -2.16. The first-order valence-electron chi connectivity index (χ1n) is 4.50. The van der Waals surface area contributed by atoms with Gasteiger partial charge in [-0.25, -0.2) is 0 Å². The van der Waals surface area contributed by atoms with Crippen LogP contribution in [0.1, 0.15) is 12.0 Å². The van der Waals surface area contributed by atoms with E-state index in [9.17, 15) is 18.0 Å². The van der Waals surface area contributed by atoms with Crippen LogP contribution in [0.2, 0.25) is 0 Å². The van der Waals surface area contributed by atoms with Crippen LogP contribution in [0.5, 0.6) is 5.75 Å². The van der Waals surface area contributed by atoms with Crippen LogP contribution in [0.25, 0.3) is 0 Å². The van der Waals surface area contributed by atoms with Gasteiger partial charge in [0.1, 0.15) is 12.0 Å². The first-order valence-corrected chi connectivity index (χ1v) is 4.50. The average molecular weight is 243 g/mol. The van der Waals surface area contributed by atoms with E-state index >= 15 is 0 Å². The van der Waals surface area contributed by atoms with Gasteiger partial charge in [0.25, 0.3) is 0 Å². The number of aldehydes is 1. The summed E-state index contributed by atoms with van der Waals surface area (Å²) in [7, 11) is 0. The van der Waals surface area contributed by atoms with Crippen molar-refractivity contribution in [2.24, 2.45) is 0 Å². The van der Waals surface area contributed by atoms with Crippen molar-refractivity contribution in [1.29, 1.82) is 0 Å². The lowest BCUT2D eigenvalue weighted by Crippen LogP contribution is -2.17. The smallest absolute Gasteiger partial charge is 0.406 e. The molecule has 0 radical (unpaired) electrons. The standard InChI is InChI=1S/C11H8F3NO2/c12-11(13,14)17-9-5-4-8(10(15)7-9)3-1-2-6-16/h4-7H,2,15H2. The highest BCUT2D eigenvalue weighted by atomic mass is 19.4. The fourth-order valence-electron chi connectivity index (χ4n) is 1.04. The maximum absolute atomic E-state index is 11.9. The van der Waals surface area contributed by atoms with Crippen LogP contribution in [-0.4, -0.2) is 12.6 Å². The van der Waals surface area contributed by atoms with Crippen molar-refractivity contribution in [2.45, 2.75) is 12.8 Å². The molecule has 1 aromatic carbocycles. The third-order valence-electron chi connectivity index (χ3n) is 1.67. The Morgan fingerprint density at radius 3 is 2.65 bits per heavy atom. The van der Waals surface area contributed by atoms with Crippen molar-refractivity contribution < 1.29 is 22.7 Å². The third kappa shape index (κ3) is 4.47. The zero-order valence-electron chi connectivity index (χ0n) is 8.54. The highest BCUT2D eigenvalue weighted by Gasteiger charge is 2.31. The molecule has 6 heteroatoms. The molecule has 0 saturated heterocycles. The second-order valence-electron chi connectivity index (χ2n) is 2.97. The molecule has 3 nitrogen and oxygen atoms in total. The van der Waals surface area contributed by atoms with Gasteiger partial charge in [0.15, 0.2) is 0 Å². The molecule has 90 valence electrons. The van der Waals surface area contributed by atoms with Gasteiger partial charge < -0.3 is 15.3 Å². The lowest BCUT2D eigenvalue weighted by atomic mass is 10.2. The van der Waals surface area contributed by atoms with Gasteiger partial charge in [-0.1, -0.05) is 11.8 Å². The molecule has 0 unspecified atom stereocenters. The lowest BCUT2D eigenvalue weighted by molar-refractivity contribution is -0.274. The van der Waals surface area contributed by atoms with Gasteiger partial charge in [0.2, 0.25) is 0 Å². The van der Waals surface area contributed by atoms with Crippen LogP contribution in [0, 0.1) is 11.8 Å². The number of carbonyl (C=O) groups is 1. The predicted molar refractivity (Wildman–Crippen MR) is 55.1 cm³/mol. The van der Waals surface area contributed by atoms with Gasteiger partial charge in [-0.15, -0.1) is 13.2 Å². The maximum atomic E-state index is 11.9. The third-order valence-corrected chi connectivity index (χ3v) is 1.67. The van der Waals surface area contributed by atoms with Crippen molar-refractivity contribution >= 4 is 12.0 Å². The molecule has 2 N–H and O–H groups in total. The highest BCUT2D eigenvalue weighted by molar-refractivity contribution is 5.61. The molecule has 0 heterocycles. The summed E-state index contributed by atoms with van der Waals surface area (Å²) >= 11 is 0. The molecule has 0 bridgehead atoms. The topological polar surface area (TPSA) is 52.3 Å². The molecule has 0 aromatic heterocycles. The Bertz CT molecular complexity index is 472. The molecule has 0 aliphatic rings. The number of rotatable bonds is 2. The van der Waals surface area contributed by atoms with Crippen LogP contribution in [-0.2, 0) is 4.79 Å². The lowest BCUT2D eigenvalue weighted by Gasteiger charge is -2.09. The normalized spacial score (nSPS) is 10.3. The zero-order valence-corrected chi connectivity index (χ0v) is 8.54. The van der Waals surface area contributed by atoms with Crippen LogP contribution < -0.4 is 10.5 Å². The number of benzene rings is 1. The highest BCUT2D eigenvalue weighted by Crippen LogP contribution is 2.25. The first kappa shape index (κ1) is 12.9. The van der Waals surface area contributed by atoms with Crippen molar-refractivity contribution in [3.05, 3.63) is 23.8 Å². The number of nitrogen functional groups attached to an aromatic ring is 1. The minimum absolute atomic E-state index is 0.0419. The second-order valence-corrected chi connectivity index (χ2v) is 2.97. The summed E-state index contributed by atoms with van der Waals surface area (Å²) in [6.07, 6.45) is -4.10. The Balaban J connectivity index is 2.87. The van der Waals surface area contributed by atoms with E-state index in [4.69, 9.17) is 5.73 Å². The quantitative estimate of drug-likeness (QED) is 0.491. The molecule has 0 amide bonds. The summed E-state index contributed by atoms with van der Waals surface area (Å²) in [6.45, 7) is 0. The van der Waals surface area contributed by atoms with E-state index in [0.717, 1.165) is 12.1 Å². The van der Waals surface area contributed by atoms with E-state index in [1.165, 1.54) is 6.07 Å². The predicted octanol–water partition coefficient (Wildman–Crippen LogP) is 2.11. The Kier molecular flexibility index (Phi) is 3.99. The van der Waals surface area contributed by atoms with Gasteiger partial charge >= 0.3 is 6.36 Å². The molecular weight excluding hydrogens is 235 g/mol. The molecule has 0 saturated carbocycles. The molecule has 0 fully saturated rings. The van der Waals surface area contributed by atoms with Crippen LogP contribution >= 0.6 is 0 Å². The Morgan fingerprint density at radius 1 is 1.41 bits per heavy atom. The molecule has 17 heavy (non-hydrogen) atoms. The molecule has 0 aliphatic carbocycles. The van der Waals surface area contributed by atoms with E-state index in [1.807, 2.05) is 0 Å². The number of alkyl halides is 3. The molecular formula is C11H8F3NO2. The van der Waals surface area contributed by atoms with E-state index < -0.39 is 12.1 Å². The number of hydrogen-bond acceptors (Lipinski definition) is 3. The zero-order chi connectivity index (χ0) is 12.9. The number of hydrogen-bond donors (Lipinski definition) is 1. The Labute approximate surface area is 95.4 Å². The molecule has 0 spiro atoms. The number of carbonyl (C=O) groups excluding carboxylic acids is 1. The van der Waals surface area contributed by atoms with E-state index in [0.29, 0.717) is 11.8 Å². The van der Waals surface area contributed by atoms with Gasteiger partial charge in [0, 0.05) is 11.6 Å². The van der Waals surface area contributed by atoms with Crippen molar-refractivity contribution in [3.8, 4) is 17.6 Å². The van der Waals surface area contributed by atoms with E-state index in [2.05, 4.69) is 16.6 Å².